The topological polar surface area (TPSA) is 38.0 Å². The van der Waals surface area contributed by atoms with Crippen molar-refractivity contribution in [2.45, 2.75) is 53.2 Å². The van der Waals surface area contributed by atoms with Crippen molar-refractivity contribution in [3.05, 3.63) is 17.0 Å². The van der Waals surface area contributed by atoms with E-state index in [-0.39, 0.29) is 12.0 Å². The number of rotatable bonds is 2. The van der Waals surface area contributed by atoms with Crippen LogP contribution in [-0.4, -0.2) is 14.9 Å². The predicted octanol–water partition coefficient (Wildman–Crippen LogP) is 2.00. The van der Waals surface area contributed by atoms with Crippen molar-refractivity contribution in [2.24, 2.45) is 0 Å². The molecular weight excluding hydrogens is 176 g/mol. The Balaban J connectivity index is 3.32. The summed E-state index contributed by atoms with van der Waals surface area (Å²) in [6.45, 7) is 11.5. The second-order valence-corrected chi connectivity index (χ2v) is 4.64. The van der Waals surface area contributed by atoms with Crippen LogP contribution in [0.2, 0.25) is 0 Å². The Morgan fingerprint density at radius 3 is 2.21 bits per heavy atom. The van der Waals surface area contributed by atoms with E-state index in [2.05, 4.69) is 32.8 Å². The molecule has 0 saturated heterocycles. The van der Waals surface area contributed by atoms with Gasteiger partial charge in [0.2, 0.25) is 0 Å². The molecule has 14 heavy (non-hydrogen) atoms. The van der Waals surface area contributed by atoms with E-state index < -0.39 is 0 Å². The molecule has 0 aliphatic rings. The second-order valence-electron chi connectivity index (χ2n) is 4.64. The molecule has 1 aromatic rings. The van der Waals surface area contributed by atoms with E-state index in [1.54, 1.807) is 0 Å². The minimum absolute atomic E-state index is 0.0297. The number of aryl methyl sites for hydroxylation is 1. The first-order valence-electron chi connectivity index (χ1n) is 5.09. The van der Waals surface area contributed by atoms with E-state index >= 15 is 0 Å². The molecule has 0 saturated carbocycles. The Bertz CT molecular complexity index is 321. The fourth-order valence-corrected chi connectivity index (χ4v) is 1.93. The molecule has 0 aromatic carbocycles. The summed E-state index contributed by atoms with van der Waals surface area (Å²) in [5.41, 5.74) is 3.24. The highest BCUT2D eigenvalue weighted by molar-refractivity contribution is 5.29. The van der Waals surface area contributed by atoms with Crippen LogP contribution in [0.4, 0.5) is 0 Å². The number of aromatic nitrogens is 2. The van der Waals surface area contributed by atoms with Gasteiger partial charge in [-0.25, -0.2) is 0 Å². The van der Waals surface area contributed by atoms with Gasteiger partial charge in [-0.05, 0) is 19.4 Å². The summed E-state index contributed by atoms with van der Waals surface area (Å²) in [5.74, 6) is 0. The van der Waals surface area contributed by atoms with Crippen LogP contribution in [0.15, 0.2) is 0 Å². The zero-order chi connectivity index (χ0) is 10.9. The van der Waals surface area contributed by atoms with Gasteiger partial charge in [0.25, 0.3) is 0 Å². The van der Waals surface area contributed by atoms with Crippen molar-refractivity contribution < 1.29 is 5.11 Å². The van der Waals surface area contributed by atoms with Gasteiger partial charge in [-0.15, -0.1) is 0 Å². The second kappa shape index (κ2) is 3.73. The Labute approximate surface area is 85.8 Å². The largest absolute Gasteiger partial charge is 0.390 e. The monoisotopic (exact) mass is 196 g/mol. The van der Waals surface area contributed by atoms with Crippen LogP contribution in [0.5, 0.6) is 0 Å². The molecule has 1 rings (SSSR count). The predicted molar refractivity (Wildman–Crippen MR) is 57.3 cm³/mol. The van der Waals surface area contributed by atoms with Gasteiger partial charge in [-0.1, -0.05) is 20.8 Å². The lowest BCUT2D eigenvalue weighted by atomic mass is 9.89. The molecule has 0 spiro atoms. The van der Waals surface area contributed by atoms with E-state index in [0.717, 1.165) is 17.8 Å². The Hall–Kier alpha value is -0.830. The molecule has 0 atom stereocenters. The van der Waals surface area contributed by atoms with Crippen LogP contribution >= 0.6 is 0 Å². The van der Waals surface area contributed by atoms with E-state index in [0.29, 0.717) is 0 Å². The molecule has 0 amide bonds. The van der Waals surface area contributed by atoms with Gasteiger partial charge in [0, 0.05) is 17.7 Å². The van der Waals surface area contributed by atoms with Crippen LogP contribution < -0.4 is 0 Å². The third-order valence-corrected chi connectivity index (χ3v) is 2.45. The minimum Gasteiger partial charge on any atom is -0.390 e. The Morgan fingerprint density at radius 2 is 1.93 bits per heavy atom. The van der Waals surface area contributed by atoms with Crippen molar-refractivity contribution in [3.63, 3.8) is 0 Å². The highest BCUT2D eigenvalue weighted by atomic mass is 16.3. The molecular formula is C11H20N2O. The first-order valence-corrected chi connectivity index (χ1v) is 5.09. The highest BCUT2D eigenvalue weighted by Crippen LogP contribution is 2.27. The molecule has 80 valence electrons. The van der Waals surface area contributed by atoms with E-state index in [4.69, 9.17) is 5.11 Å². The lowest BCUT2D eigenvalue weighted by Crippen LogP contribution is -2.19. The summed E-state index contributed by atoms with van der Waals surface area (Å²) in [6.07, 6.45) is 0. The number of nitrogens with zero attached hydrogens (tertiary/aromatic N) is 2. The smallest absolute Gasteiger partial charge is 0.0911 e. The van der Waals surface area contributed by atoms with Gasteiger partial charge < -0.3 is 5.11 Å². The normalized spacial score (nSPS) is 12.1. The van der Waals surface area contributed by atoms with E-state index in [1.807, 2.05) is 11.6 Å². The third-order valence-electron chi connectivity index (χ3n) is 2.45. The van der Waals surface area contributed by atoms with Crippen molar-refractivity contribution in [1.29, 1.82) is 0 Å². The van der Waals surface area contributed by atoms with E-state index in [9.17, 15) is 0 Å². The summed E-state index contributed by atoms with van der Waals surface area (Å²) < 4.78 is 1.99. The SMILES string of the molecule is CCn1nc(CO)c(C)c1C(C)(C)C. The quantitative estimate of drug-likeness (QED) is 0.785. The zero-order valence-corrected chi connectivity index (χ0v) is 9.76. The molecule has 0 aliphatic carbocycles. The summed E-state index contributed by atoms with van der Waals surface area (Å²) in [4.78, 5) is 0. The van der Waals surface area contributed by atoms with Crippen LogP contribution in [-0.2, 0) is 18.6 Å². The molecule has 0 aliphatic heterocycles. The molecule has 0 fully saturated rings. The zero-order valence-electron chi connectivity index (χ0n) is 9.76. The summed E-state index contributed by atoms with van der Waals surface area (Å²) in [5, 5.41) is 13.5. The molecule has 0 unspecified atom stereocenters. The molecule has 0 bridgehead atoms. The van der Waals surface area contributed by atoms with Crippen molar-refractivity contribution >= 4 is 0 Å². The summed E-state index contributed by atoms with van der Waals surface area (Å²) >= 11 is 0. The maximum absolute atomic E-state index is 9.14. The summed E-state index contributed by atoms with van der Waals surface area (Å²) in [7, 11) is 0. The third kappa shape index (κ3) is 1.82. The Kier molecular flexibility index (Phi) is 3.00. The molecule has 3 heteroatoms. The number of aliphatic hydroxyl groups is 1. The average Bonchev–Trinajstić information content (AvgIpc) is 2.40. The number of aliphatic hydroxyl groups excluding tert-OH is 1. The van der Waals surface area contributed by atoms with Crippen molar-refractivity contribution in [2.75, 3.05) is 0 Å². The van der Waals surface area contributed by atoms with Gasteiger partial charge in [0.05, 0.1) is 12.3 Å². The highest BCUT2D eigenvalue weighted by Gasteiger charge is 2.23. The first-order chi connectivity index (χ1) is 6.41. The lowest BCUT2D eigenvalue weighted by Gasteiger charge is -2.21. The van der Waals surface area contributed by atoms with Crippen LogP contribution in [0.1, 0.15) is 44.6 Å². The standard InChI is InChI=1S/C11H20N2O/c1-6-13-10(11(3,4)5)8(2)9(7-14)12-13/h14H,6-7H2,1-5H3. The fourth-order valence-electron chi connectivity index (χ4n) is 1.93. The average molecular weight is 196 g/mol. The van der Waals surface area contributed by atoms with Gasteiger partial charge in [0.15, 0.2) is 0 Å². The van der Waals surface area contributed by atoms with Crippen molar-refractivity contribution in [3.8, 4) is 0 Å². The van der Waals surface area contributed by atoms with Gasteiger partial charge in [-0.3, -0.25) is 4.68 Å². The van der Waals surface area contributed by atoms with Gasteiger partial charge >= 0.3 is 0 Å². The molecule has 0 radical (unpaired) electrons. The molecule has 1 heterocycles. The van der Waals surface area contributed by atoms with Crippen LogP contribution in [0.3, 0.4) is 0 Å². The Morgan fingerprint density at radius 1 is 1.36 bits per heavy atom. The first kappa shape index (κ1) is 11.2. The molecule has 3 nitrogen and oxygen atoms in total. The minimum atomic E-state index is 0.0297. The molecule has 1 aromatic heterocycles. The number of hydrogen-bond donors (Lipinski definition) is 1. The van der Waals surface area contributed by atoms with Gasteiger partial charge in [-0.2, -0.15) is 5.10 Å². The van der Waals surface area contributed by atoms with E-state index in [1.165, 1.54) is 5.69 Å². The lowest BCUT2D eigenvalue weighted by molar-refractivity contribution is 0.274. The van der Waals surface area contributed by atoms with Crippen molar-refractivity contribution in [1.82, 2.24) is 9.78 Å². The van der Waals surface area contributed by atoms with Crippen LogP contribution in [0, 0.1) is 6.92 Å². The fraction of sp³-hybridized carbons (Fsp3) is 0.727. The van der Waals surface area contributed by atoms with Crippen LogP contribution in [0.25, 0.3) is 0 Å². The molecule has 1 N–H and O–H groups in total. The maximum Gasteiger partial charge on any atom is 0.0911 e. The number of hydrogen-bond acceptors (Lipinski definition) is 2. The van der Waals surface area contributed by atoms with Gasteiger partial charge in [0.1, 0.15) is 0 Å². The maximum atomic E-state index is 9.14. The summed E-state index contributed by atoms with van der Waals surface area (Å²) in [6, 6.07) is 0.